The van der Waals surface area contributed by atoms with Crippen LogP contribution in [0.5, 0.6) is 0 Å². The second-order valence-corrected chi connectivity index (χ2v) is 15.2. The zero-order valence-corrected chi connectivity index (χ0v) is 22.3. The fourth-order valence-corrected chi connectivity index (χ4v) is 10.4. The molecule has 218 valence electrons. The van der Waals surface area contributed by atoms with Crippen molar-refractivity contribution in [3.05, 3.63) is 0 Å². The molecule has 2 N–H and O–H groups in total. The second-order valence-electron chi connectivity index (χ2n) is 13.7. The van der Waals surface area contributed by atoms with Crippen molar-refractivity contribution >= 4 is 22.1 Å². The predicted octanol–water partition coefficient (Wildman–Crippen LogP) is 2.58. The molecule has 1 spiro atoms. The maximum Gasteiger partial charge on any atom is 0.465 e. The van der Waals surface area contributed by atoms with E-state index in [1.165, 1.54) is 0 Å². The fraction of sp³-hybridized carbons (Fsp3) is 0.923. The molecule has 0 radical (unpaired) electrons. The highest BCUT2D eigenvalue weighted by molar-refractivity contribution is 7.87. The van der Waals surface area contributed by atoms with Gasteiger partial charge in [0.05, 0.1) is 17.6 Å². The zero-order chi connectivity index (χ0) is 27.6. The smallest absolute Gasteiger partial charge is 0.462 e. The van der Waals surface area contributed by atoms with E-state index in [1.54, 1.807) is 0 Å². The van der Waals surface area contributed by atoms with Gasteiger partial charge in [0.1, 0.15) is 18.3 Å². The highest BCUT2D eigenvalue weighted by atomic mass is 32.2. The Morgan fingerprint density at radius 3 is 2.18 bits per heavy atom. The van der Waals surface area contributed by atoms with Gasteiger partial charge in [-0.05, 0) is 88.4 Å². The van der Waals surface area contributed by atoms with E-state index in [0.717, 1.165) is 32.1 Å². The summed E-state index contributed by atoms with van der Waals surface area (Å²) in [7, 11) is -5.96. The molecule has 10 nitrogen and oxygen atoms in total. The number of carbonyl (C=O) groups excluding carboxylic acids is 2. The minimum absolute atomic E-state index is 0.0136. The lowest BCUT2D eigenvalue weighted by Crippen LogP contribution is -2.65. The Morgan fingerprint density at radius 1 is 0.949 bits per heavy atom. The summed E-state index contributed by atoms with van der Waals surface area (Å²) in [5, 5.41) is 5.93. The van der Waals surface area contributed by atoms with Crippen molar-refractivity contribution in [2.45, 2.75) is 99.0 Å². The summed E-state index contributed by atoms with van der Waals surface area (Å²) in [5.74, 6) is -3.32. The van der Waals surface area contributed by atoms with Crippen LogP contribution in [-0.2, 0) is 38.7 Å². The monoisotopic (exact) mass is 576 g/mol. The van der Waals surface area contributed by atoms with Crippen LogP contribution >= 0.6 is 0 Å². The van der Waals surface area contributed by atoms with Gasteiger partial charge in [-0.2, -0.15) is 17.2 Å². The molecule has 5 atom stereocenters. The molecule has 1 aliphatic heterocycles. The quantitative estimate of drug-likeness (QED) is 0.357. The lowest BCUT2D eigenvalue weighted by atomic mass is 9.48. The van der Waals surface area contributed by atoms with Gasteiger partial charge >= 0.3 is 27.3 Å². The van der Waals surface area contributed by atoms with E-state index in [1.807, 2.05) is 0 Å². The summed E-state index contributed by atoms with van der Waals surface area (Å²) >= 11 is 0. The standard InChI is InChI=1S/C26H34F2O10S/c27-26(28,39(32,33)34)21(30)38-24-8-14-2-17(9-24)25(18(3-14)10-24)36-12-19(37-25)11-35-20(29)22-4-15-1-16(5-22)7-23(31,6-15)13-22/h14-19,31H,1-13H2,(H,32,33,34). The second kappa shape index (κ2) is 8.11. The average molecular weight is 577 g/mol. The highest BCUT2D eigenvalue weighted by Gasteiger charge is 2.69. The molecule has 9 rings (SSSR count). The van der Waals surface area contributed by atoms with E-state index < -0.39 is 49.9 Å². The minimum Gasteiger partial charge on any atom is -0.462 e. The maximum atomic E-state index is 13.9. The Labute approximate surface area is 224 Å². The number of esters is 2. The van der Waals surface area contributed by atoms with Gasteiger partial charge in [-0.25, -0.2) is 4.79 Å². The lowest BCUT2D eigenvalue weighted by Gasteiger charge is -2.62. The fourth-order valence-electron chi connectivity index (χ4n) is 10.2. The minimum atomic E-state index is -5.96. The Balaban J connectivity index is 1.01. The van der Waals surface area contributed by atoms with Gasteiger partial charge in [0.15, 0.2) is 5.79 Å². The van der Waals surface area contributed by atoms with Gasteiger partial charge in [0, 0.05) is 11.8 Å². The first kappa shape index (κ1) is 26.5. The third-order valence-electron chi connectivity index (χ3n) is 10.9. The van der Waals surface area contributed by atoms with Crippen molar-refractivity contribution in [3.63, 3.8) is 0 Å². The molecule has 39 heavy (non-hydrogen) atoms. The van der Waals surface area contributed by atoms with Crippen LogP contribution in [0, 0.1) is 35.0 Å². The van der Waals surface area contributed by atoms with Crippen molar-refractivity contribution < 1.29 is 55.4 Å². The molecule has 8 saturated carbocycles. The van der Waals surface area contributed by atoms with E-state index in [-0.39, 0.29) is 49.8 Å². The molecule has 9 aliphatic rings. The van der Waals surface area contributed by atoms with E-state index in [2.05, 4.69) is 0 Å². The van der Waals surface area contributed by atoms with Crippen LogP contribution in [0.15, 0.2) is 0 Å². The number of hydrogen-bond acceptors (Lipinski definition) is 9. The van der Waals surface area contributed by atoms with E-state index in [0.29, 0.717) is 37.5 Å². The first-order valence-corrected chi connectivity index (χ1v) is 15.4. The number of ether oxygens (including phenoxy) is 4. The Hall–Kier alpha value is -1.41. The van der Waals surface area contributed by atoms with Crippen molar-refractivity contribution in [1.29, 1.82) is 0 Å². The average Bonchev–Trinajstić information content (AvgIpc) is 3.23. The summed E-state index contributed by atoms with van der Waals surface area (Å²) < 4.78 is 82.4. The Morgan fingerprint density at radius 2 is 1.59 bits per heavy atom. The Kier molecular flexibility index (Phi) is 5.51. The number of aliphatic hydroxyl groups is 1. The van der Waals surface area contributed by atoms with Gasteiger partial charge in [-0.3, -0.25) is 9.35 Å². The van der Waals surface area contributed by atoms with Gasteiger partial charge in [0.2, 0.25) is 0 Å². The molecule has 5 unspecified atom stereocenters. The summed E-state index contributed by atoms with van der Waals surface area (Å²) in [6.45, 7) is 0.209. The summed E-state index contributed by atoms with van der Waals surface area (Å²) in [4.78, 5) is 25.4. The molecule has 0 aromatic carbocycles. The molecule has 0 aromatic heterocycles. The van der Waals surface area contributed by atoms with Crippen molar-refractivity contribution in [2.24, 2.45) is 35.0 Å². The van der Waals surface area contributed by atoms with Gasteiger partial charge < -0.3 is 24.1 Å². The van der Waals surface area contributed by atoms with Crippen molar-refractivity contribution in [1.82, 2.24) is 0 Å². The molecule has 8 aliphatic carbocycles. The maximum absolute atomic E-state index is 13.9. The molecule has 1 saturated heterocycles. The van der Waals surface area contributed by atoms with Crippen LogP contribution in [0.25, 0.3) is 0 Å². The third kappa shape index (κ3) is 3.93. The topological polar surface area (TPSA) is 146 Å². The normalized spacial score (nSPS) is 49.5. The van der Waals surface area contributed by atoms with Crippen LogP contribution < -0.4 is 0 Å². The van der Waals surface area contributed by atoms with Gasteiger partial charge in [-0.1, -0.05) is 0 Å². The van der Waals surface area contributed by atoms with Gasteiger partial charge in [0.25, 0.3) is 0 Å². The highest BCUT2D eigenvalue weighted by Crippen LogP contribution is 2.65. The molecule has 13 heteroatoms. The predicted molar refractivity (Wildman–Crippen MR) is 125 cm³/mol. The van der Waals surface area contributed by atoms with Crippen LogP contribution in [0.4, 0.5) is 8.78 Å². The lowest BCUT2D eigenvalue weighted by molar-refractivity contribution is -0.322. The van der Waals surface area contributed by atoms with E-state index in [9.17, 15) is 31.9 Å². The van der Waals surface area contributed by atoms with Crippen LogP contribution in [0.3, 0.4) is 0 Å². The summed E-state index contributed by atoms with van der Waals surface area (Å²) in [5.41, 5.74) is -2.69. The first-order chi connectivity index (χ1) is 18.2. The molecule has 1 heterocycles. The Bertz CT molecular complexity index is 1170. The van der Waals surface area contributed by atoms with Crippen LogP contribution in [-0.4, -0.2) is 71.6 Å². The van der Waals surface area contributed by atoms with E-state index >= 15 is 0 Å². The first-order valence-electron chi connectivity index (χ1n) is 13.9. The van der Waals surface area contributed by atoms with Crippen LogP contribution in [0.1, 0.15) is 70.6 Å². The number of rotatable bonds is 6. The van der Waals surface area contributed by atoms with Crippen molar-refractivity contribution in [2.75, 3.05) is 13.2 Å². The summed E-state index contributed by atoms with van der Waals surface area (Å²) in [6.07, 6.45) is 6.06. The zero-order valence-electron chi connectivity index (χ0n) is 21.5. The third-order valence-corrected chi connectivity index (χ3v) is 11.7. The SMILES string of the molecule is O=C(OCC1COC2(O1)C1CC3CC2CC(OC(=O)C(F)(F)S(=O)(=O)O)(C3)C1)C12CC3CC(CC(O)(C3)C1)C2. The molecule has 0 amide bonds. The number of alkyl halides is 2. The van der Waals surface area contributed by atoms with Gasteiger partial charge in [-0.15, -0.1) is 0 Å². The van der Waals surface area contributed by atoms with E-state index in [4.69, 9.17) is 23.5 Å². The molecule has 8 bridgehead atoms. The largest absolute Gasteiger partial charge is 0.465 e. The molecular formula is C26H34F2O10S. The number of hydrogen-bond donors (Lipinski definition) is 2. The molecule has 0 aromatic rings. The van der Waals surface area contributed by atoms with Crippen LogP contribution in [0.2, 0.25) is 0 Å². The number of carbonyl (C=O) groups is 2. The molecular weight excluding hydrogens is 542 g/mol. The number of halogens is 2. The summed E-state index contributed by atoms with van der Waals surface area (Å²) in [6, 6.07) is 0. The molecule has 9 fully saturated rings. The van der Waals surface area contributed by atoms with Crippen molar-refractivity contribution in [3.8, 4) is 0 Å².